The zero-order valence-electron chi connectivity index (χ0n) is 7.64. The molecule has 0 aliphatic rings. The summed E-state index contributed by atoms with van der Waals surface area (Å²) in [5, 5.41) is 3.29. The number of rotatable bonds is 3. The molecule has 1 atom stereocenters. The Morgan fingerprint density at radius 1 is 1.43 bits per heavy atom. The van der Waals surface area contributed by atoms with Gasteiger partial charge >= 0.3 is 0 Å². The first kappa shape index (κ1) is 9.37. The minimum atomic E-state index is -0.381. The lowest BCUT2D eigenvalue weighted by molar-refractivity contribution is -0.108. The van der Waals surface area contributed by atoms with E-state index in [1.165, 1.54) is 15.6 Å². The van der Waals surface area contributed by atoms with Gasteiger partial charge in [0, 0.05) is 4.70 Å². The second-order valence-electron chi connectivity index (χ2n) is 3.26. The SMILES string of the molecule is N[C@H](C=O)Cc1csc2ccccc12. The molecule has 0 aliphatic carbocycles. The molecule has 2 rings (SSSR count). The highest BCUT2D eigenvalue weighted by Gasteiger charge is 2.07. The number of aldehydes is 1. The summed E-state index contributed by atoms with van der Waals surface area (Å²) in [7, 11) is 0. The van der Waals surface area contributed by atoms with Crippen molar-refractivity contribution in [2.45, 2.75) is 12.5 Å². The van der Waals surface area contributed by atoms with Gasteiger partial charge in [-0.05, 0) is 28.8 Å². The highest BCUT2D eigenvalue weighted by Crippen LogP contribution is 2.26. The Labute approximate surface area is 86.3 Å². The third kappa shape index (κ3) is 1.69. The van der Waals surface area contributed by atoms with Crippen LogP contribution < -0.4 is 5.73 Å². The average molecular weight is 205 g/mol. The van der Waals surface area contributed by atoms with Crippen LogP contribution in [0, 0.1) is 0 Å². The molecule has 2 aromatic rings. The summed E-state index contributed by atoms with van der Waals surface area (Å²) in [5.74, 6) is 0. The zero-order chi connectivity index (χ0) is 9.97. The monoisotopic (exact) mass is 205 g/mol. The third-order valence-electron chi connectivity index (χ3n) is 2.19. The average Bonchev–Trinajstić information content (AvgIpc) is 2.62. The molecule has 0 unspecified atom stereocenters. The Kier molecular flexibility index (Phi) is 2.61. The highest BCUT2D eigenvalue weighted by molar-refractivity contribution is 7.17. The first-order valence-electron chi connectivity index (χ1n) is 4.47. The fourth-order valence-electron chi connectivity index (χ4n) is 1.49. The van der Waals surface area contributed by atoms with E-state index in [2.05, 4.69) is 17.5 Å². The van der Waals surface area contributed by atoms with Crippen molar-refractivity contribution in [2.24, 2.45) is 5.73 Å². The van der Waals surface area contributed by atoms with Crippen LogP contribution in [0.4, 0.5) is 0 Å². The van der Waals surface area contributed by atoms with Crippen molar-refractivity contribution in [3.63, 3.8) is 0 Å². The van der Waals surface area contributed by atoms with Crippen molar-refractivity contribution < 1.29 is 4.79 Å². The molecule has 2 N–H and O–H groups in total. The Balaban J connectivity index is 2.38. The van der Waals surface area contributed by atoms with Crippen molar-refractivity contribution in [3.8, 4) is 0 Å². The Hall–Kier alpha value is -1.19. The Morgan fingerprint density at radius 2 is 2.21 bits per heavy atom. The van der Waals surface area contributed by atoms with E-state index in [4.69, 9.17) is 5.73 Å². The quantitative estimate of drug-likeness (QED) is 0.778. The van der Waals surface area contributed by atoms with Gasteiger partial charge in [0.25, 0.3) is 0 Å². The zero-order valence-corrected chi connectivity index (χ0v) is 8.46. The molecule has 14 heavy (non-hydrogen) atoms. The Morgan fingerprint density at radius 3 is 3.00 bits per heavy atom. The van der Waals surface area contributed by atoms with Crippen LogP contribution in [0.2, 0.25) is 0 Å². The van der Waals surface area contributed by atoms with E-state index >= 15 is 0 Å². The summed E-state index contributed by atoms with van der Waals surface area (Å²) in [4.78, 5) is 10.4. The van der Waals surface area contributed by atoms with Crippen LogP contribution in [-0.4, -0.2) is 12.3 Å². The summed E-state index contributed by atoms with van der Waals surface area (Å²) >= 11 is 1.69. The van der Waals surface area contributed by atoms with E-state index in [0.717, 1.165) is 6.29 Å². The molecule has 0 bridgehead atoms. The van der Waals surface area contributed by atoms with Gasteiger partial charge in [0.15, 0.2) is 0 Å². The van der Waals surface area contributed by atoms with Gasteiger partial charge in [0.1, 0.15) is 6.29 Å². The molecular weight excluding hydrogens is 194 g/mol. The minimum absolute atomic E-state index is 0.381. The predicted octanol–water partition coefficient (Wildman–Crippen LogP) is 1.97. The number of thiophene rings is 1. The summed E-state index contributed by atoms with van der Waals surface area (Å²) in [5.41, 5.74) is 6.76. The van der Waals surface area contributed by atoms with Crippen molar-refractivity contribution in [2.75, 3.05) is 0 Å². The number of hydrogen-bond donors (Lipinski definition) is 1. The molecule has 0 aliphatic heterocycles. The van der Waals surface area contributed by atoms with E-state index < -0.39 is 0 Å². The molecule has 72 valence electrons. The number of hydrogen-bond acceptors (Lipinski definition) is 3. The molecule has 0 spiro atoms. The van der Waals surface area contributed by atoms with Gasteiger partial charge in [-0.2, -0.15) is 0 Å². The van der Waals surface area contributed by atoms with Crippen LogP contribution in [0.25, 0.3) is 10.1 Å². The summed E-state index contributed by atoms with van der Waals surface area (Å²) in [6, 6.07) is 7.79. The number of nitrogens with two attached hydrogens (primary N) is 1. The van der Waals surface area contributed by atoms with E-state index in [1.807, 2.05) is 12.1 Å². The second kappa shape index (κ2) is 3.90. The van der Waals surface area contributed by atoms with Gasteiger partial charge in [0.2, 0.25) is 0 Å². The summed E-state index contributed by atoms with van der Waals surface area (Å²) in [6.45, 7) is 0. The van der Waals surface area contributed by atoms with Crippen LogP contribution in [-0.2, 0) is 11.2 Å². The van der Waals surface area contributed by atoms with Crippen LogP contribution in [0.5, 0.6) is 0 Å². The summed E-state index contributed by atoms with van der Waals surface area (Å²) < 4.78 is 1.25. The predicted molar refractivity (Wildman–Crippen MR) is 59.6 cm³/mol. The van der Waals surface area contributed by atoms with E-state index in [1.54, 1.807) is 11.3 Å². The second-order valence-corrected chi connectivity index (χ2v) is 4.17. The van der Waals surface area contributed by atoms with Crippen LogP contribution >= 0.6 is 11.3 Å². The normalized spacial score (nSPS) is 12.9. The van der Waals surface area contributed by atoms with Gasteiger partial charge < -0.3 is 10.5 Å². The van der Waals surface area contributed by atoms with Crippen molar-refractivity contribution >= 4 is 27.7 Å². The van der Waals surface area contributed by atoms with Crippen LogP contribution in [0.15, 0.2) is 29.6 Å². The standard InChI is InChI=1S/C11H11NOS/c12-9(6-13)5-8-7-14-11-4-2-1-3-10(8)11/h1-4,6-7,9H,5,12H2/t9-/m0/s1. The molecule has 0 fully saturated rings. The lowest BCUT2D eigenvalue weighted by atomic mass is 10.1. The van der Waals surface area contributed by atoms with Crippen LogP contribution in [0.1, 0.15) is 5.56 Å². The first-order valence-corrected chi connectivity index (χ1v) is 5.35. The lowest BCUT2D eigenvalue weighted by Crippen LogP contribution is -2.23. The fraction of sp³-hybridized carbons (Fsp3) is 0.182. The highest BCUT2D eigenvalue weighted by atomic mass is 32.1. The number of carbonyl (C=O) groups is 1. The molecular formula is C11H11NOS. The molecule has 3 heteroatoms. The first-order chi connectivity index (χ1) is 6.81. The molecule has 1 aromatic carbocycles. The fourth-order valence-corrected chi connectivity index (χ4v) is 2.47. The maximum Gasteiger partial charge on any atom is 0.137 e. The summed E-state index contributed by atoms with van der Waals surface area (Å²) in [6.07, 6.45) is 1.43. The molecule has 1 aromatic heterocycles. The van der Waals surface area contributed by atoms with Gasteiger partial charge in [-0.3, -0.25) is 0 Å². The molecule has 1 heterocycles. The molecule has 0 radical (unpaired) electrons. The number of carbonyl (C=O) groups excluding carboxylic acids is 1. The van der Waals surface area contributed by atoms with Gasteiger partial charge in [0.05, 0.1) is 6.04 Å². The van der Waals surface area contributed by atoms with Crippen molar-refractivity contribution in [1.29, 1.82) is 0 Å². The third-order valence-corrected chi connectivity index (χ3v) is 3.20. The van der Waals surface area contributed by atoms with Gasteiger partial charge in [-0.1, -0.05) is 18.2 Å². The number of fused-ring (bicyclic) bond motifs is 1. The van der Waals surface area contributed by atoms with E-state index in [0.29, 0.717) is 6.42 Å². The Bertz CT molecular complexity index is 449. The maximum atomic E-state index is 10.4. The van der Waals surface area contributed by atoms with Crippen LogP contribution in [0.3, 0.4) is 0 Å². The van der Waals surface area contributed by atoms with Gasteiger partial charge in [-0.25, -0.2) is 0 Å². The molecule has 0 amide bonds. The van der Waals surface area contributed by atoms with Crippen molar-refractivity contribution in [3.05, 3.63) is 35.2 Å². The van der Waals surface area contributed by atoms with E-state index in [-0.39, 0.29) is 6.04 Å². The lowest BCUT2D eigenvalue weighted by Gasteiger charge is -2.01. The smallest absolute Gasteiger partial charge is 0.137 e. The molecule has 2 nitrogen and oxygen atoms in total. The largest absolute Gasteiger partial charge is 0.321 e. The molecule has 0 saturated carbocycles. The van der Waals surface area contributed by atoms with Crippen molar-refractivity contribution in [1.82, 2.24) is 0 Å². The van der Waals surface area contributed by atoms with E-state index in [9.17, 15) is 4.79 Å². The van der Waals surface area contributed by atoms with Gasteiger partial charge in [-0.15, -0.1) is 11.3 Å². The number of benzene rings is 1. The minimum Gasteiger partial charge on any atom is -0.321 e. The maximum absolute atomic E-state index is 10.4. The molecule has 0 saturated heterocycles. The topological polar surface area (TPSA) is 43.1 Å².